The van der Waals surface area contributed by atoms with Crippen LogP contribution in [0.5, 0.6) is 0 Å². The van der Waals surface area contributed by atoms with Crippen molar-refractivity contribution in [2.24, 2.45) is 0 Å². The lowest BCUT2D eigenvalue weighted by molar-refractivity contribution is 0.173. The number of nitrogens with two attached hydrogens (primary N) is 1. The van der Waals surface area contributed by atoms with E-state index >= 15 is 0 Å². The number of nitrogens with zero attached hydrogens (tertiary/aromatic N) is 2. The summed E-state index contributed by atoms with van der Waals surface area (Å²) in [6.07, 6.45) is 3.74. The molecule has 3 rings (SSSR count). The van der Waals surface area contributed by atoms with Gasteiger partial charge in [-0.2, -0.15) is 0 Å². The first-order chi connectivity index (χ1) is 9.17. The van der Waals surface area contributed by atoms with Crippen LogP contribution in [0.25, 0.3) is 11.1 Å². The highest BCUT2D eigenvalue weighted by Gasteiger charge is 2.30. The maximum absolute atomic E-state index is 5.82. The molecule has 0 bridgehead atoms. The molecular weight excluding hydrogens is 238 g/mol. The van der Waals surface area contributed by atoms with Gasteiger partial charge in [-0.25, -0.2) is 4.98 Å². The summed E-state index contributed by atoms with van der Waals surface area (Å²) in [7, 11) is 0. The third kappa shape index (κ3) is 2.32. The van der Waals surface area contributed by atoms with E-state index in [-0.39, 0.29) is 0 Å². The third-order valence-corrected chi connectivity index (χ3v) is 4.20. The first kappa shape index (κ1) is 12.5. The largest absolute Gasteiger partial charge is 0.439 e. The third-order valence-electron chi connectivity index (χ3n) is 4.20. The quantitative estimate of drug-likeness (QED) is 0.860. The van der Waals surface area contributed by atoms with Gasteiger partial charge in [-0.1, -0.05) is 6.92 Å². The average molecular weight is 259 g/mol. The average Bonchev–Trinajstić information content (AvgIpc) is 2.94. The molecule has 1 aromatic carbocycles. The highest BCUT2D eigenvalue weighted by molar-refractivity contribution is 5.76. The summed E-state index contributed by atoms with van der Waals surface area (Å²) in [5.41, 5.74) is 8.16. The zero-order valence-electron chi connectivity index (χ0n) is 11.6. The van der Waals surface area contributed by atoms with Crippen molar-refractivity contribution in [2.45, 2.75) is 51.7 Å². The van der Waals surface area contributed by atoms with E-state index in [1.807, 2.05) is 18.2 Å². The van der Waals surface area contributed by atoms with E-state index in [0.717, 1.165) is 29.2 Å². The number of nitrogen functional groups attached to an aromatic ring is 1. The van der Waals surface area contributed by atoms with Gasteiger partial charge in [0.05, 0.1) is 6.54 Å². The number of rotatable bonds is 3. The van der Waals surface area contributed by atoms with Crippen molar-refractivity contribution in [2.75, 3.05) is 5.73 Å². The molecule has 4 nitrogen and oxygen atoms in total. The highest BCUT2D eigenvalue weighted by atomic mass is 16.3. The van der Waals surface area contributed by atoms with E-state index in [1.165, 1.54) is 19.3 Å². The van der Waals surface area contributed by atoms with Crippen molar-refractivity contribution < 1.29 is 4.42 Å². The Balaban J connectivity index is 1.84. The van der Waals surface area contributed by atoms with Gasteiger partial charge in [-0.3, -0.25) is 4.90 Å². The van der Waals surface area contributed by atoms with Gasteiger partial charge >= 0.3 is 0 Å². The van der Waals surface area contributed by atoms with Gasteiger partial charge in [0.15, 0.2) is 5.58 Å². The zero-order valence-corrected chi connectivity index (χ0v) is 11.6. The number of hydrogen-bond donors (Lipinski definition) is 1. The molecule has 1 aliphatic rings. The summed E-state index contributed by atoms with van der Waals surface area (Å²) in [6, 6.07) is 6.90. The molecule has 2 N–H and O–H groups in total. The molecule has 0 radical (unpaired) electrons. The van der Waals surface area contributed by atoms with Crippen molar-refractivity contribution in [3.05, 3.63) is 24.1 Å². The summed E-state index contributed by atoms with van der Waals surface area (Å²) in [6.45, 7) is 5.34. The van der Waals surface area contributed by atoms with Gasteiger partial charge in [0, 0.05) is 23.8 Å². The van der Waals surface area contributed by atoms with Crippen LogP contribution >= 0.6 is 0 Å². The minimum Gasteiger partial charge on any atom is -0.439 e. The van der Waals surface area contributed by atoms with Crippen LogP contribution in [0.2, 0.25) is 0 Å². The van der Waals surface area contributed by atoms with E-state index in [2.05, 4.69) is 23.7 Å². The standard InChI is InChI=1S/C15H21N3O/c1-3-12-6-4-10(2)18(12)9-15-17-13-7-5-11(16)8-14(13)19-15/h5,7-8,10,12H,3-4,6,9,16H2,1-2H3. The molecule has 4 heteroatoms. The first-order valence-electron chi connectivity index (χ1n) is 7.08. The molecule has 1 saturated heterocycles. The lowest BCUT2D eigenvalue weighted by Crippen LogP contribution is -2.33. The summed E-state index contributed by atoms with van der Waals surface area (Å²) >= 11 is 0. The predicted octanol–water partition coefficient (Wildman–Crippen LogP) is 3.17. The summed E-state index contributed by atoms with van der Waals surface area (Å²) < 4.78 is 5.82. The van der Waals surface area contributed by atoms with Crippen molar-refractivity contribution >= 4 is 16.8 Å². The Morgan fingerprint density at radius 2 is 2.26 bits per heavy atom. The van der Waals surface area contributed by atoms with Crippen LogP contribution in [0.3, 0.4) is 0 Å². The minimum absolute atomic E-state index is 0.616. The molecule has 2 atom stereocenters. The molecule has 102 valence electrons. The first-order valence-corrected chi connectivity index (χ1v) is 7.08. The Morgan fingerprint density at radius 3 is 3.05 bits per heavy atom. The number of oxazole rings is 1. The summed E-state index contributed by atoms with van der Waals surface area (Å²) in [5, 5.41) is 0. The zero-order chi connectivity index (χ0) is 13.4. The van der Waals surface area contributed by atoms with Crippen LogP contribution in [-0.2, 0) is 6.54 Å². The molecule has 19 heavy (non-hydrogen) atoms. The number of anilines is 1. The Kier molecular flexibility index (Phi) is 3.19. The van der Waals surface area contributed by atoms with Crippen LogP contribution in [0.4, 0.5) is 5.69 Å². The Bertz CT molecular complexity index is 578. The second-order valence-electron chi connectivity index (χ2n) is 5.50. The number of benzene rings is 1. The Morgan fingerprint density at radius 1 is 1.42 bits per heavy atom. The van der Waals surface area contributed by atoms with Crippen molar-refractivity contribution in [3.8, 4) is 0 Å². The number of likely N-dealkylation sites (tertiary alicyclic amines) is 1. The van der Waals surface area contributed by atoms with Gasteiger partial charge in [0.2, 0.25) is 5.89 Å². The number of hydrogen-bond acceptors (Lipinski definition) is 4. The molecule has 1 fully saturated rings. The maximum atomic E-state index is 5.82. The fourth-order valence-electron chi connectivity index (χ4n) is 3.06. The molecule has 1 aliphatic heterocycles. The molecule has 2 aromatic rings. The predicted molar refractivity (Wildman–Crippen MR) is 76.7 cm³/mol. The molecule has 2 unspecified atom stereocenters. The molecule has 0 amide bonds. The maximum Gasteiger partial charge on any atom is 0.209 e. The van der Waals surface area contributed by atoms with Crippen molar-refractivity contribution in [1.82, 2.24) is 9.88 Å². The van der Waals surface area contributed by atoms with Gasteiger partial charge in [0.25, 0.3) is 0 Å². The van der Waals surface area contributed by atoms with Gasteiger partial charge in [-0.15, -0.1) is 0 Å². The Hall–Kier alpha value is -1.55. The fourth-order valence-corrected chi connectivity index (χ4v) is 3.06. The summed E-state index contributed by atoms with van der Waals surface area (Å²) in [4.78, 5) is 7.06. The molecule has 1 aromatic heterocycles. The van der Waals surface area contributed by atoms with Gasteiger partial charge in [-0.05, 0) is 38.3 Å². The van der Waals surface area contributed by atoms with Gasteiger partial charge < -0.3 is 10.2 Å². The topological polar surface area (TPSA) is 55.3 Å². The number of fused-ring (bicyclic) bond motifs is 1. The van der Waals surface area contributed by atoms with Gasteiger partial charge in [0.1, 0.15) is 5.52 Å². The molecule has 2 heterocycles. The van der Waals surface area contributed by atoms with Crippen LogP contribution in [0, 0.1) is 0 Å². The van der Waals surface area contributed by atoms with Crippen LogP contribution in [-0.4, -0.2) is 22.0 Å². The van der Waals surface area contributed by atoms with Crippen molar-refractivity contribution in [3.63, 3.8) is 0 Å². The van der Waals surface area contributed by atoms with Crippen molar-refractivity contribution in [1.29, 1.82) is 0 Å². The second-order valence-corrected chi connectivity index (χ2v) is 5.50. The smallest absolute Gasteiger partial charge is 0.209 e. The summed E-state index contributed by atoms with van der Waals surface area (Å²) in [5.74, 6) is 0.799. The van der Waals surface area contributed by atoms with Crippen LogP contribution < -0.4 is 5.73 Å². The lowest BCUT2D eigenvalue weighted by Gasteiger charge is -2.25. The number of aromatic nitrogens is 1. The van der Waals surface area contributed by atoms with Crippen LogP contribution in [0.15, 0.2) is 22.6 Å². The van der Waals surface area contributed by atoms with Crippen LogP contribution in [0.1, 0.15) is 39.0 Å². The molecular formula is C15H21N3O. The second kappa shape index (κ2) is 4.85. The van der Waals surface area contributed by atoms with E-state index < -0.39 is 0 Å². The minimum atomic E-state index is 0.616. The van der Waals surface area contributed by atoms with E-state index in [0.29, 0.717) is 12.1 Å². The molecule has 0 saturated carbocycles. The normalized spacial score (nSPS) is 24.3. The lowest BCUT2D eigenvalue weighted by atomic mass is 10.1. The highest BCUT2D eigenvalue weighted by Crippen LogP contribution is 2.28. The van der Waals surface area contributed by atoms with E-state index in [4.69, 9.17) is 10.2 Å². The molecule has 0 spiro atoms. The SMILES string of the molecule is CCC1CCC(C)N1Cc1nc2ccc(N)cc2o1. The Labute approximate surface area is 113 Å². The molecule has 0 aliphatic carbocycles. The van der Waals surface area contributed by atoms with E-state index in [9.17, 15) is 0 Å². The fraction of sp³-hybridized carbons (Fsp3) is 0.533. The monoisotopic (exact) mass is 259 g/mol. The van der Waals surface area contributed by atoms with E-state index in [1.54, 1.807) is 0 Å².